The second-order valence-electron chi connectivity index (χ2n) is 5.23. The molecule has 1 aliphatic rings. The molecule has 2 N–H and O–H groups in total. The largest absolute Gasteiger partial charge is 0.483 e. The van der Waals surface area contributed by atoms with E-state index in [0.717, 1.165) is 12.1 Å². The molecule has 2 rings (SSSR count). The zero-order valence-corrected chi connectivity index (χ0v) is 13.0. The summed E-state index contributed by atoms with van der Waals surface area (Å²) < 4.78 is 0. The Morgan fingerprint density at radius 3 is 2.59 bits per heavy atom. The maximum atomic E-state index is 12.5. The van der Waals surface area contributed by atoms with Gasteiger partial charge in [-0.2, -0.15) is 0 Å². The molecular formula is C15H21N3O4. The van der Waals surface area contributed by atoms with Crippen LogP contribution in [0, 0.1) is 6.92 Å². The van der Waals surface area contributed by atoms with E-state index in [9.17, 15) is 9.59 Å². The number of aryl methyl sites for hydroxylation is 1. The second kappa shape index (κ2) is 8.14. The molecule has 2 amide bonds. The van der Waals surface area contributed by atoms with Crippen LogP contribution in [0.2, 0.25) is 0 Å². The molecule has 0 radical (unpaired) electrons. The van der Waals surface area contributed by atoms with Gasteiger partial charge in [0.25, 0.3) is 12.4 Å². The highest BCUT2D eigenvalue weighted by Crippen LogP contribution is 2.21. The van der Waals surface area contributed by atoms with Crippen molar-refractivity contribution in [3.05, 3.63) is 29.3 Å². The van der Waals surface area contributed by atoms with Gasteiger partial charge in [-0.05, 0) is 33.2 Å². The minimum atomic E-state index is -0.250. The van der Waals surface area contributed by atoms with Crippen LogP contribution in [0.15, 0.2) is 18.2 Å². The van der Waals surface area contributed by atoms with Crippen molar-refractivity contribution in [2.45, 2.75) is 6.92 Å². The van der Waals surface area contributed by atoms with Crippen molar-refractivity contribution in [2.75, 3.05) is 39.0 Å². The molecule has 0 saturated carbocycles. The number of hydrogen-bond donors (Lipinski definition) is 2. The summed E-state index contributed by atoms with van der Waals surface area (Å²) in [6, 6.07) is 5.50. The van der Waals surface area contributed by atoms with Crippen LogP contribution in [-0.2, 0) is 9.59 Å². The van der Waals surface area contributed by atoms with Crippen LogP contribution in [0.3, 0.4) is 0 Å². The van der Waals surface area contributed by atoms with Gasteiger partial charge in [0.2, 0.25) is 5.91 Å². The molecule has 7 heteroatoms. The first-order valence-corrected chi connectivity index (χ1v) is 6.81. The Labute approximate surface area is 129 Å². The van der Waals surface area contributed by atoms with E-state index in [1.54, 1.807) is 11.0 Å². The second-order valence-corrected chi connectivity index (χ2v) is 5.23. The van der Waals surface area contributed by atoms with Crippen LogP contribution in [0.4, 0.5) is 5.69 Å². The number of nitrogens with one attached hydrogen (secondary N) is 1. The van der Waals surface area contributed by atoms with Gasteiger partial charge in [0, 0.05) is 13.1 Å². The van der Waals surface area contributed by atoms with E-state index in [1.165, 1.54) is 0 Å². The first-order valence-electron chi connectivity index (χ1n) is 6.81. The number of nitrogens with zero attached hydrogens (tertiary/aromatic N) is 2. The SMILES string of the molecule is Cc1ccc2c(c1)C(=O)N(CCN(C)C)CC(=O)N2.O=CO. The average Bonchev–Trinajstić information content (AvgIpc) is 2.55. The molecule has 22 heavy (non-hydrogen) atoms. The molecule has 0 unspecified atom stereocenters. The predicted molar refractivity (Wildman–Crippen MR) is 83.0 cm³/mol. The number of anilines is 1. The third-order valence-electron chi connectivity index (χ3n) is 3.12. The molecule has 0 aromatic heterocycles. The van der Waals surface area contributed by atoms with Crippen molar-refractivity contribution >= 4 is 24.0 Å². The molecule has 0 saturated heterocycles. The Hall–Kier alpha value is -2.41. The molecule has 1 aromatic rings. The van der Waals surface area contributed by atoms with Gasteiger partial charge in [0.1, 0.15) is 6.54 Å². The molecule has 1 aliphatic heterocycles. The summed E-state index contributed by atoms with van der Waals surface area (Å²) in [6.07, 6.45) is 0. The third kappa shape index (κ3) is 4.85. The normalized spacial score (nSPS) is 13.7. The van der Waals surface area contributed by atoms with Gasteiger partial charge in [-0.15, -0.1) is 0 Å². The lowest BCUT2D eigenvalue weighted by Gasteiger charge is -2.21. The van der Waals surface area contributed by atoms with Crippen LogP contribution in [0.5, 0.6) is 0 Å². The van der Waals surface area contributed by atoms with Gasteiger partial charge in [0.15, 0.2) is 0 Å². The highest BCUT2D eigenvalue weighted by atomic mass is 16.3. The van der Waals surface area contributed by atoms with Crippen molar-refractivity contribution in [2.24, 2.45) is 0 Å². The van der Waals surface area contributed by atoms with Crippen LogP contribution < -0.4 is 5.32 Å². The number of carbonyl (C=O) groups excluding carboxylic acids is 2. The molecule has 0 atom stereocenters. The molecule has 0 spiro atoms. The smallest absolute Gasteiger partial charge is 0.290 e. The van der Waals surface area contributed by atoms with E-state index in [2.05, 4.69) is 5.32 Å². The molecule has 7 nitrogen and oxygen atoms in total. The Bertz CT molecular complexity index is 558. The zero-order valence-electron chi connectivity index (χ0n) is 13.0. The van der Waals surface area contributed by atoms with Gasteiger partial charge in [-0.3, -0.25) is 14.4 Å². The summed E-state index contributed by atoms with van der Waals surface area (Å²) in [7, 11) is 3.89. The van der Waals surface area contributed by atoms with Gasteiger partial charge in [0.05, 0.1) is 11.3 Å². The van der Waals surface area contributed by atoms with Crippen LogP contribution in [0.25, 0.3) is 0 Å². The Balaban J connectivity index is 0.000000745. The average molecular weight is 307 g/mol. The Morgan fingerprint density at radius 1 is 1.36 bits per heavy atom. The van der Waals surface area contributed by atoms with Crippen LogP contribution in [0.1, 0.15) is 15.9 Å². The molecule has 0 bridgehead atoms. The third-order valence-corrected chi connectivity index (χ3v) is 3.12. The minimum Gasteiger partial charge on any atom is -0.483 e. The Morgan fingerprint density at radius 2 is 2.00 bits per heavy atom. The fourth-order valence-corrected chi connectivity index (χ4v) is 2.05. The summed E-state index contributed by atoms with van der Waals surface area (Å²) in [6.45, 7) is 3.08. The Kier molecular flexibility index (Phi) is 6.52. The van der Waals surface area contributed by atoms with Crippen molar-refractivity contribution in [1.29, 1.82) is 0 Å². The summed E-state index contributed by atoms with van der Waals surface area (Å²) >= 11 is 0. The van der Waals surface area contributed by atoms with Gasteiger partial charge in [-0.25, -0.2) is 0 Å². The summed E-state index contributed by atoms with van der Waals surface area (Å²) in [5.41, 5.74) is 2.19. The maximum absolute atomic E-state index is 12.5. The van der Waals surface area contributed by atoms with Crippen molar-refractivity contribution in [3.8, 4) is 0 Å². The fourth-order valence-electron chi connectivity index (χ4n) is 2.05. The van der Waals surface area contributed by atoms with Crippen LogP contribution in [-0.4, -0.2) is 66.9 Å². The van der Waals surface area contributed by atoms with Gasteiger partial charge < -0.3 is 20.2 Å². The summed E-state index contributed by atoms with van der Waals surface area (Å²) in [5, 5.41) is 9.67. The highest BCUT2D eigenvalue weighted by molar-refractivity contribution is 6.08. The topological polar surface area (TPSA) is 90.0 Å². The van der Waals surface area contributed by atoms with E-state index in [4.69, 9.17) is 9.90 Å². The molecule has 0 fully saturated rings. The fraction of sp³-hybridized carbons (Fsp3) is 0.400. The molecule has 120 valence electrons. The number of amides is 2. The number of carboxylic acid groups (broad SMARTS) is 1. The maximum Gasteiger partial charge on any atom is 0.290 e. The quantitative estimate of drug-likeness (QED) is 0.800. The first-order chi connectivity index (χ1) is 10.4. The lowest BCUT2D eigenvalue weighted by molar-refractivity contribution is -0.123. The summed E-state index contributed by atoms with van der Waals surface area (Å²) in [5.74, 6) is -0.228. The van der Waals surface area contributed by atoms with Crippen LogP contribution >= 0.6 is 0 Å². The van der Waals surface area contributed by atoms with E-state index in [0.29, 0.717) is 17.8 Å². The number of fused-ring (bicyclic) bond motifs is 1. The molecule has 1 aromatic carbocycles. The van der Waals surface area contributed by atoms with Crippen molar-refractivity contribution in [3.63, 3.8) is 0 Å². The van der Waals surface area contributed by atoms with Gasteiger partial charge in [-0.1, -0.05) is 11.6 Å². The van der Waals surface area contributed by atoms with E-state index in [-0.39, 0.29) is 24.8 Å². The number of hydrogen-bond acceptors (Lipinski definition) is 4. The van der Waals surface area contributed by atoms with Gasteiger partial charge >= 0.3 is 0 Å². The predicted octanol–water partition coefficient (Wildman–Crippen LogP) is 0.652. The van der Waals surface area contributed by atoms with Crippen molar-refractivity contribution < 1.29 is 19.5 Å². The van der Waals surface area contributed by atoms with Crippen molar-refractivity contribution in [1.82, 2.24) is 9.80 Å². The lowest BCUT2D eigenvalue weighted by Crippen LogP contribution is -2.39. The van der Waals surface area contributed by atoms with E-state index >= 15 is 0 Å². The first kappa shape index (κ1) is 17.6. The number of benzene rings is 1. The number of rotatable bonds is 3. The zero-order chi connectivity index (χ0) is 16.7. The minimum absolute atomic E-state index is 0.0844. The molecule has 1 heterocycles. The monoisotopic (exact) mass is 307 g/mol. The van der Waals surface area contributed by atoms with E-state index < -0.39 is 0 Å². The molecular weight excluding hydrogens is 286 g/mol. The standard InChI is InChI=1S/C14H19N3O2.CH2O2/c1-10-4-5-12-11(8-10)14(19)17(7-6-16(2)3)9-13(18)15-12;2-1-3/h4-5,8H,6-7,9H2,1-3H3,(H,15,18);1H,(H,2,3). The summed E-state index contributed by atoms with van der Waals surface area (Å²) in [4.78, 5) is 36.2. The number of likely N-dealkylation sites (N-methyl/N-ethyl adjacent to an activating group) is 1. The van der Waals surface area contributed by atoms with E-state index in [1.807, 2.05) is 38.1 Å². The lowest BCUT2D eigenvalue weighted by atomic mass is 10.1. The molecule has 0 aliphatic carbocycles. The number of carbonyl (C=O) groups is 3. The highest BCUT2D eigenvalue weighted by Gasteiger charge is 2.25.